The number of aryl methyl sites for hydroxylation is 1. The first-order chi connectivity index (χ1) is 11.1. The van der Waals surface area contributed by atoms with Crippen LogP contribution in [-0.2, 0) is 0 Å². The predicted octanol–water partition coefficient (Wildman–Crippen LogP) is 3.43. The van der Waals surface area contributed by atoms with Crippen molar-refractivity contribution in [3.8, 4) is 0 Å². The van der Waals surface area contributed by atoms with Crippen LogP contribution in [0, 0.1) is 6.92 Å². The highest BCUT2D eigenvalue weighted by molar-refractivity contribution is 5.99. The zero-order valence-electron chi connectivity index (χ0n) is 12.9. The summed E-state index contributed by atoms with van der Waals surface area (Å²) in [4.78, 5) is 16.1. The Bertz CT molecular complexity index is 777. The lowest BCUT2D eigenvalue weighted by atomic mass is 10.1. The quantitative estimate of drug-likeness (QED) is 0.773. The molecule has 23 heavy (non-hydrogen) atoms. The number of carbonyl (C=O) groups is 1. The van der Waals surface area contributed by atoms with Gasteiger partial charge < -0.3 is 14.4 Å². The van der Waals surface area contributed by atoms with Crippen LogP contribution in [0.15, 0.2) is 53.5 Å². The third-order valence-electron chi connectivity index (χ3n) is 3.61. The lowest BCUT2D eigenvalue weighted by molar-refractivity contribution is 0.262. The predicted molar refractivity (Wildman–Crippen MR) is 86.4 cm³/mol. The number of imidazole rings is 1. The Morgan fingerprint density at radius 2 is 2.00 bits per heavy atom. The van der Waals surface area contributed by atoms with Crippen molar-refractivity contribution in [1.29, 1.82) is 0 Å². The summed E-state index contributed by atoms with van der Waals surface area (Å²) < 4.78 is 6.75. The standard InChI is InChI=1S/C16H17N5O2/c1-11(21-9-8-17-12(21)2)13-3-5-14(6-4-13)18-16(22)19-15-7-10-23-20-15/h3-11H,1-2H3,(H2,18,19,20,22)/t11-/m1/s1. The number of nitrogens with zero attached hydrogens (tertiary/aromatic N) is 3. The SMILES string of the molecule is Cc1nccn1[C@H](C)c1ccc(NC(=O)Nc2ccon2)cc1. The van der Waals surface area contributed by atoms with Crippen molar-refractivity contribution >= 4 is 17.5 Å². The van der Waals surface area contributed by atoms with Crippen molar-refractivity contribution in [3.05, 3.63) is 60.4 Å². The summed E-state index contributed by atoms with van der Waals surface area (Å²) in [5, 5.41) is 8.93. The molecule has 1 aromatic carbocycles. The number of hydrogen-bond donors (Lipinski definition) is 2. The highest BCUT2D eigenvalue weighted by atomic mass is 16.5. The van der Waals surface area contributed by atoms with Crippen LogP contribution < -0.4 is 10.6 Å². The molecule has 0 aliphatic carbocycles. The third kappa shape index (κ3) is 3.39. The summed E-state index contributed by atoms with van der Waals surface area (Å²) in [6.45, 7) is 4.08. The van der Waals surface area contributed by atoms with Crippen LogP contribution in [0.2, 0.25) is 0 Å². The third-order valence-corrected chi connectivity index (χ3v) is 3.61. The molecule has 1 atom stereocenters. The minimum atomic E-state index is -0.370. The summed E-state index contributed by atoms with van der Waals surface area (Å²) in [7, 11) is 0. The molecule has 2 aromatic heterocycles. The molecule has 0 aliphatic heterocycles. The van der Waals surface area contributed by atoms with E-state index in [4.69, 9.17) is 0 Å². The molecule has 3 rings (SSSR count). The van der Waals surface area contributed by atoms with E-state index in [1.165, 1.54) is 6.26 Å². The number of anilines is 2. The molecule has 3 aromatic rings. The number of benzene rings is 1. The maximum absolute atomic E-state index is 11.8. The van der Waals surface area contributed by atoms with E-state index >= 15 is 0 Å². The number of rotatable bonds is 4. The van der Waals surface area contributed by atoms with Crippen molar-refractivity contribution in [2.45, 2.75) is 19.9 Å². The minimum Gasteiger partial charge on any atom is -0.363 e. The maximum Gasteiger partial charge on any atom is 0.324 e. The van der Waals surface area contributed by atoms with E-state index in [0.29, 0.717) is 11.5 Å². The van der Waals surface area contributed by atoms with Gasteiger partial charge in [-0.3, -0.25) is 5.32 Å². The molecule has 7 nitrogen and oxygen atoms in total. The Kier molecular flexibility index (Phi) is 4.09. The number of hydrogen-bond acceptors (Lipinski definition) is 4. The zero-order chi connectivity index (χ0) is 16.2. The first-order valence-corrected chi connectivity index (χ1v) is 7.21. The molecule has 0 saturated carbocycles. The average molecular weight is 311 g/mol. The van der Waals surface area contributed by atoms with Gasteiger partial charge in [-0.25, -0.2) is 9.78 Å². The molecular formula is C16H17N5O2. The summed E-state index contributed by atoms with van der Waals surface area (Å²) in [5.41, 5.74) is 1.83. The van der Waals surface area contributed by atoms with E-state index in [0.717, 1.165) is 11.4 Å². The van der Waals surface area contributed by atoms with E-state index in [2.05, 4.69) is 36.8 Å². The zero-order valence-corrected chi connectivity index (χ0v) is 12.9. The highest BCUT2D eigenvalue weighted by Crippen LogP contribution is 2.21. The van der Waals surface area contributed by atoms with Gasteiger partial charge in [0.05, 0.1) is 6.04 Å². The molecule has 2 amide bonds. The van der Waals surface area contributed by atoms with Crippen LogP contribution in [0.5, 0.6) is 0 Å². The second-order valence-corrected chi connectivity index (χ2v) is 5.14. The molecule has 0 spiro atoms. The lowest BCUT2D eigenvalue weighted by Crippen LogP contribution is -2.19. The number of urea groups is 1. The molecule has 118 valence electrons. The first kappa shape index (κ1) is 14.8. The maximum atomic E-state index is 11.8. The van der Waals surface area contributed by atoms with E-state index in [1.807, 2.05) is 37.4 Å². The van der Waals surface area contributed by atoms with Crippen molar-refractivity contribution in [1.82, 2.24) is 14.7 Å². The van der Waals surface area contributed by atoms with E-state index < -0.39 is 0 Å². The fraction of sp³-hybridized carbons (Fsp3) is 0.188. The van der Waals surface area contributed by atoms with Crippen molar-refractivity contribution < 1.29 is 9.32 Å². The van der Waals surface area contributed by atoms with Gasteiger partial charge in [-0.05, 0) is 31.5 Å². The van der Waals surface area contributed by atoms with Gasteiger partial charge in [-0.15, -0.1) is 0 Å². The fourth-order valence-electron chi connectivity index (χ4n) is 2.36. The molecule has 0 saturated heterocycles. The number of carbonyl (C=O) groups excluding carboxylic acids is 1. The summed E-state index contributed by atoms with van der Waals surface area (Å²) >= 11 is 0. The van der Waals surface area contributed by atoms with Crippen LogP contribution in [-0.4, -0.2) is 20.7 Å². The number of aromatic nitrogens is 3. The highest BCUT2D eigenvalue weighted by Gasteiger charge is 2.10. The van der Waals surface area contributed by atoms with Crippen molar-refractivity contribution in [2.24, 2.45) is 0 Å². The Morgan fingerprint density at radius 1 is 1.22 bits per heavy atom. The lowest BCUT2D eigenvalue weighted by Gasteiger charge is -2.16. The molecular weight excluding hydrogens is 294 g/mol. The molecule has 0 bridgehead atoms. The Hall–Kier alpha value is -3.09. The molecule has 0 unspecified atom stereocenters. The van der Waals surface area contributed by atoms with Crippen LogP contribution in [0.3, 0.4) is 0 Å². The monoisotopic (exact) mass is 311 g/mol. The second kappa shape index (κ2) is 6.35. The molecule has 0 radical (unpaired) electrons. The van der Waals surface area contributed by atoms with Gasteiger partial charge >= 0.3 is 6.03 Å². The molecule has 7 heteroatoms. The van der Waals surface area contributed by atoms with Gasteiger partial charge in [0.1, 0.15) is 12.1 Å². The van der Waals surface area contributed by atoms with E-state index in [9.17, 15) is 4.79 Å². The minimum absolute atomic E-state index is 0.176. The smallest absolute Gasteiger partial charge is 0.324 e. The normalized spacial score (nSPS) is 11.9. The summed E-state index contributed by atoms with van der Waals surface area (Å²) in [6, 6.07) is 9.06. The van der Waals surface area contributed by atoms with Crippen LogP contribution in [0.4, 0.5) is 16.3 Å². The van der Waals surface area contributed by atoms with Gasteiger partial charge in [-0.2, -0.15) is 0 Å². The number of amides is 2. The molecule has 0 aliphatic rings. The first-order valence-electron chi connectivity index (χ1n) is 7.21. The van der Waals surface area contributed by atoms with Crippen LogP contribution in [0.25, 0.3) is 0 Å². The molecule has 2 N–H and O–H groups in total. The van der Waals surface area contributed by atoms with Crippen molar-refractivity contribution in [2.75, 3.05) is 10.6 Å². The molecule has 0 fully saturated rings. The second-order valence-electron chi connectivity index (χ2n) is 5.14. The van der Waals surface area contributed by atoms with E-state index in [-0.39, 0.29) is 12.1 Å². The summed E-state index contributed by atoms with van der Waals surface area (Å²) in [6.07, 6.45) is 5.14. The van der Waals surface area contributed by atoms with Gasteiger partial charge in [0.25, 0.3) is 0 Å². The van der Waals surface area contributed by atoms with Gasteiger partial charge in [0.2, 0.25) is 0 Å². The summed E-state index contributed by atoms with van der Waals surface area (Å²) in [5.74, 6) is 1.33. The largest absolute Gasteiger partial charge is 0.363 e. The Morgan fingerprint density at radius 3 is 2.61 bits per heavy atom. The fourth-order valence-corrected chi connectivity index (χ4v) is 2.36. The van der Waals surface area contributed by atoms with Gasteiger partial charge in [0, 0.05) is 24.1 Å². The topological polar surface area (TPSA) is 85.0 Å². The Balaban J connectivity index is 1.65. The molecule has 2 heterocycles. The average Bonchev–Trinajstić information content (AvgIpc) is 3.19. The van der Waals surface area contributed by atoms with Gasteiger partial charge in [0.15, 0.2) is 5.82 Å². The van der Waals surface area contributed by atoms with Crippen LogP contribution in [0.1, 0.15) is 24.4 Å². The van der Waals surface area contributed by atoms with Crippen LogP contribution >= 0.6 is 0 Å². The number of nitrogens with one attached hydrogen (secondary N) is 2. The van der Waals surface area contributed by atoms with E-state index in [1.54, 1.807) is 12.3 Å². The van der Waals surface area contributed by atoms with Gasteiger partial charge in [-0.1, -0.05) is 17.3 Å². The Labute approximate surface area is 133 Å². The van der Waals surface area contributed by atoms with Crippen molar-refractivity contribution in [3.63, 3.8) is 0 Å².